The van der Waals surface area contributed by atoms with Gasteiger partial charge in [-0.25, -0.2) is 0 Å². The quantitative estimate of drug-likeness (QED) is 0.675. The topological polar surface area (TPSA) is 12.0 Å². The molecule has 0 spiro atoms. The molecular formula is C9H20Cl3Li2MgN. The second-order valence-electron chi connectivity index (χ2n) is 4.85. The molecule has 0 bridgehead atoms. The number of halogens is 3. The molecule has 1 aliphatic heterocycles. The summed E-state index contributed by atoms with van der Waals surface area (Å²) in [6, 6.07) is 0. The predicted octanol–water partition coefficient (Wildman–Crippen LogP) is 2.98. The van der Waals surface area contributed by atoms with Crippen molar-refractivity contribution in [3.8, 4) is 0 Å². The third-order valence-corrected chi connectivity index (χ3v) is 2.28. The second-order valence-corrected chi connectivity index (χ2v) is 7.47. The molecule has 1 heterocycles. The van der Waals surface area contributed by atoms with E-state index < -0.39 is 18.2 Å². The van der Waals surface area contributed by atoms with Gasteiger partial charge in [0.25, 0.3) is 0 Å². The van der Waals surface area contributed by atoms with Crippen LogP contribution in [0.15, 0.2) is 0 Å². The third-order valence-electron chi connectivity index (χ3n) is 2.28. The Kier molecular flexibility index (Phi) is 19.1. The Morgan fingerprint density at radius 1 is 1.00 bits per heavy atom. The van der Waals surface area contributed by atoms with E-state index in [9.17, 15) is 0 Å². The molecule has 0 atom stereocenters. The van der Waals surface area contributed by atoms with Crippen molar-refractivity contribution in [1.29, 1.82) is 0 Å². The van der Waals surface area contributed by atoms with Gasteiger partial charge in [-0.1, -0.05) is 0 Å². The molecule has 1 aliphatic rings. The molecule has 1 N–H and O–H groups in total. The monoisotopic (exact) mass is 285 g/mol. The SMILES string of the molecule is CC1(C)CCCC(C)(C)N1.[Cl][Mg][Cl].[LiH].[Li][Cl]. The van der Waals surface area contributed by atoms with Crippen LogP contribution in [0.1, 0.15) is 47.0 Å². The molecule has 0 aromatic carbocycles. The van der Waals surface area contributed by atoms with E-state index in [1.54, 1.807) is 0 Å². The Morgan fingerprint density at radius 2 is 1.25 bits per heavy atom. The molecule has 0 aliphatic carbocycles. The fourth-order valence-electron chi connectivity index (χ4n) is 2.01. The molecule has 0 amide bonds. The molecule has 16 heavy (non-hydrogen) atoms. The van der Waals surface area contributed by atoms with Crippen molar-refractivity contribution in [3.63, 3.8) is 0 Å². The van der Waals surface area contributed by atoms with E-state index >= 15 is 0 Å². The van der Waals surface area contributed by atoms with Crippen molar-refractivity contribution in [1.82, 2.24) is 5.32 Å². The average molecular weight is 287 g/mol. The first kappa shape index (κ1) is 23.9. The van der Waals surface area contributed by atoms with Crippen LogP contribution in [0, 0.1) is 0 Å². The van der Waals surface area contributed by atoms with Crippen LogP contribution >= 0.6 is 27.9 Å². The minimum atomic E-state index is -0.639. The van der Waals surface area contributed by atoms with E-state index in [1.165, 1.54) is 36.0 Å². The number of nitrogens with one attached hydrogen (secondary N) is 1. The Hall–Kier alpha value is 2.79. The van der Waals surface area contributed by atoms with Gasteiger partial charge in [0.1, 0.15) is 0 Å². The van der Waals surface area contributed by atoms with Crippen molar-refractivity contribution in [3.05, 3.63) is 0 Å². The van der Waals surface area contributed by atoms with E-state index in [1.807, 2.05) is 0 Å². The zero-order valence-corrected chi connectivity index (χ0v) is 14.1. The molecule has 1 saturated heterocycles. The number of rotatable bonds is 0. The van der Waals surface area contributed by atoms with Gasteiger partial charge in [-0.05, 0) is 47.0 Å². The summed E-state index contributed by atoms with van der Waals surface area (Å²) in [5, 5.41) is 3.63. The molecule has 0 unspecified atom stereocenters. The summed E-state index contributed by atoms with van der Waals surface area (Å²) in [4.78, 5) is 0. The first-order chi connectivity index (χ1) is 6.83. The zero-order valence-electron chi connectivity index (χ0n) is 10.5. The summed E-state index contributed by atoms with van der Waals surface area (Å²) in [5.41, 5.74) is 0.726. The number of hydrogen-bond donors (Lipinski definition) is 1. The van der Waals surface area contributed by atoms with Crippen LogP contribution in [-0.4, -0.2) is 64.8 Å². The normalized spacial score (nSPS) is 19.8. The molecule has 1 rings (SSSR count). The van der Waals surface area contributed by atoms with Crippen LogP contribution in [0.5, 0.6) is 0 Å². The van der Waals surface area contributed by atoms with Gasteiger partial charge >= 0.3 is 63.6 Å². The first-order valence-electron chi connectivity index (χ1n) is 5.12. The van der Waals surface area contributed by atoms with E-state index in [2.05, 4.69) is 42.8 Å². The molecule has 0 radical (unpaired) electrons. The number of piperidine rings is 1. The second kappa shape index (κ2) is 12.8. The fraction of sp³-hybridized carbons (Fsp3) is 1.00. The summed E-state index contributed by atoms with van der Waals surface area (Å²) < 4.78 is 0. The molecule has 1 fully saturated rings. The van der Waals surface area contributed by atoms with Gasteiger partial charge < -0.3 is 23.5 Å². The zero-order chi connectivity index (χ0) is 12.5. The van der Waals surface area contributed by atoms with E-state index in [-0.39, 0.29) is 18.9 Å². The molecule has 0 aromatic rings. The summed E-state index contributed by atoms with van der Waals surface area (Å²) in [6.45, 7) is 9.14. The Bertz CT molecular complexity index is 146. The first-order valence-corrected chi connectivity index (χ1v) is 10.2. The standard InChI is InChI=1S/C9H19N.3ClH.2Li.Mg.H/c1-8(2)6-5-7-9(3,4)10-8;;;;;;;/h10H,5-7H2,1-4H3;3*1H;;;;/q;;;;;+1;+2;/p-3. The maximum atomic E-state index is 4.90. The van der Waals surface area contributed by atoms with E-state index in [0.717, 1.165) is 0 Å². The summed E-state index contributed by atoms with van der Waals surface area (Å²) in [5.74, 6) is 0. The summed E-state index contributed by atoms with van der Waals surface area (Å²) in [7, 11) is 14.4. The summed E-state index contributed by atoms with van der Waals surface area (Å²) in [6.07, 6.45) is 4.00. The van der Waals surface area contributed by atoms with Crippen LogP contribution in [0.4, 0.5) is 0 Å². The Balaban J connectivity index is -0.000000246. The molecular weight excluding hydrogens is 267 g/mol. The Morgan fingerprint density at radius 3 is 1.38 bits per heavy atom. The van der Waals surface area contributed by atoms with Crippen LogP contribution in [0.2, 0.25) is 0 Å². The molecule has 7 heteroatoms. The fourth-order valence-corrected chi connectivity index (χ4v) is 2.01. The van der Waals surface area contributed by atoms with Crippen molar-refractivity contribution >= 4 is 81.7 Å². The van der Waals surface area contributed by atoms with Crippen LogP contribution in [-0.2, 0) is 0 Å². The minimum absolute atomic E-state index is 0. The van der Waals surface area contributed by atoms with Gasteiger partial charge in [0.2, 0.25) is 0 Å². The molecule has 0 saturated carbocycles. The van der Waals surface area contributed by atoms with Crippen molar-refractivity contribution < 1.29 is 0 Å². The summed E-state index contributed by atoms with van der Waals surface area (Å²) >= 11 is 0.833. The Labute approximate surface area is 143 Å². The van der Waals surface area contributed by atoms with E-state index in [4.69, 9.17) is 18.1 Å². The van der Waals surface area contributed by atoms with Gasteiger partial charge in [-0.3, -0.25) is 0 Å². The number of hydrogen-bond acceptors (Lipinski definition) is 1. The van der Waals surface area contributed by atoms with Gasteiger partial charge in [-0.2, -0.15) is 0 Å². The van der Waals surface area contributed by atoms with Gasteiger partial charge in [0, 0.05) is 11.1 Å². The van der Waals surface area contributed by atoms with Crippen LogP contribution in [0.3, 0.4) is 0 Å². The van der Waals surface area contributed by atoms with Crippen molar-refractivity contribution in [2.75, 3.05) is 0 Å². The molecule has 86 valence electrons. The van der Waals surface area contributed by atoms with Gasteiger partial charge in [0.05, 0.1) is 0 Å². The third kappa shape index (κ3) is 14.9. The maximum absolute atomic E-state index is 4.90. The van der Waals surface area contributed by atoms with Gasteiger partial charge in [-0.15, -0.1) is 0 Å². The van der Waals surface area contributed by atoms with Crippen LogP contribution < -0.4 is 5.32 Å². The van der Waals surface area contributed by atoms with Gasteiger partial charge in [0.15, 0.2) is 0 Å². The van der Waals surface area contributed by atoms with Crippen molar-refractivity contribution in [2.24, 2.45) is 0 Å². The van der Waals surface area contributed by atoms with E-state index in [0.29, 0.717) is 11.1 Å². The average Bonchev–Trinajstić information content (AvgIpc) is 2.04. The van der Waals surface area contributed by atoms with Crippen molar-refractivity contribution in [2.45, 2.75) is 58.0 Å². The predicted molar refractivity (Wildman–Crippen MR) is 81.4 cm³/mol. The molecule has 0 aromatic heterocycles. The van der Waals surface area contributed by atoms with Crippen LogP contribution in [0.25, 0.3) is 0 Å². The molecule has 1 nitrogen and oxygen atoms in total.